The first-order valence-corrected chi connectivity index (χ1v) is 2.43. The van der Waals surface area contributed by atoms with E-state index in [1.807, 2.05) is 0 Å². The maximum absolute atomic E-state index is 10.1. The average Bonchev–Trinajstić information content (AvgIpc) is 1.82. The lowest BCUT2D eigenvalue weighted by atomic mass is 10.5. The number of hydrogen-bond donors (Lipinski definition) is 1. The van der Waals surface area contributed by atoms with Crippen LogP contribution in [0.25, 0.3) is 0 Å². The van der Waals surface area contributed by atoms with Gasteiger partial charge in [0.1, 0.15) is 6.61 Å². The number of esters is 1. The van der Waals surface area contributed by atoms with E-state index in [1.165, 1.54) is 6.92 Å². The number of carbonyl (C=O) groups is 3. The summed E-state index contributed by atoms with van der Waals surface area (Å²) in [5.74, 6) is -3.49. The zero-order valence-electron chi connectivity index (χ0n) is 5.29. The molecule has 0 aliphatic rings. The summed E-state index contributed by atoms with van der Waals surface area (Å²) >= 11 is 0. The largest absolute Gasteiger partial charge is 0.473 e. The van der Waals surface area contributed by atoms with Crippen molar-refractivity contribution in [1.82, 2.24) is 0 Å². The van der Waals surface area contributed by atoms with Crippen molar-refractivity contribution in [2.45, 2.75) is 6.92 Å². The van der Waals surface area contributed by atoms with Crippen LogP contribution in [0.4, 0.5) is 0 Å². The highest BCUT2D eigenvalue weighted by Crippen LogP contribution is 1.78. The van der Waals surface area contributed by atoms with Gasteiger partial charge in [0.15, 0.2) is 5.78 Å². The van der Waals surface area contributed by atoms with Gasteiger partial charge in [-0.25, -0.2) is 9.59 Å². The van der Waals surface area contributed by atoms with Crippen LogP contribution in [-0.4, -0.2) is 29.4 Å². The molecule has 0 saturated heterocycles. The number of carboxylic acids is 1. The minimum Gasteiger partial charge on any atom is -0.473 e. The van der Waals surface area contributed by atoms with E-state index < -0.39 is 24.3 Å². The average molecular weight is 146 g/mol. The van der Waals surface area contributed by atoms with E-state index in [0.717, 1.165) is 0 Å². The Morgan fingerprint density at radius 3 is 2.20 bits per heavy atom. The van der Waals surface area contributed by atoms with Crippen LogP contribution in [0.3, 0.4) is 0 Å². The molecular weight excluding hydrogens is 140 g/mol. The first kappa shape index (κ1) is 8.61. The third kappa shape index (κ3) is 3.59. The molecule has 0 unspecified atom stereocenters. The van der Waals surface area contributed by atoms with Gasteiger partial charge in [-0.05, 0) is 6.92 Å². The maximum Gasteiger partial charge on any atom is 0.417 e. The van der Waals surface area contributed by atoms with E-state index in [4.69, 9.17) is 5.11 Å². The van der Waals surface area contributed by atoms with Crippen molar-refractivity contribution in [1.29, 1.82) is 0 Å². The lowest BCUT2D eigenvalue weighted by Gasteiger charge is -1.94. The van der Waals surface area contributed by atoms with Crippen LogP contribution in [0, 0.1) is 0 Å². The summed E-state index contributed by atoms with van der Waals surface area (Å²) in [4.78, 5) is 29.9. The third-order valence-electron chi connectivity index (χ3n) is 0.581. The van der Waals surface area contributed by atoms with Crippen LogP contribution in [-0.2, 0) is 19.1 Å². The first-order chi connectivity index (χ1) is 4.54. The van der Waals surface area contributed by atoms with E-state index in [0.29, 0.717) is 0 Å². The summed E-state index contributed by atoms with van der Waals surface area (Å²) in [7, 11) is 0. The highest BCUT2D eigenvalue weighted by atomic mass is 16.6. The normalized spacial score (nSPS) is 8.50. The lowest BCUT2D eigenvalue weighted by Crippen LogP contribution is -2.19. The zero-order valence-corrected chi connectivity index (χ0v) is 5.29. The Morgan fingerprint density at radius 1 is 1.40 bits per heavy atom. The van der Waals surface area contributed by atoms with Gasteiger partial charge in [-0.1, -0.05) is 0 Å². The molecule has 0 aromatic rings. The van der Waals surface area contributed by atoms with E-state index in [2.05, 4.69) is 4.74 Å². The van der Waals surface area contributed by atoms with Crippen molar-refractivity contribution >= 4 is 17.7 Å². The summed E-state index contributed by atoms with van der Waals surface area (Å²) in [6.45, 7) is 0.709. The number of carbonyl (C=O) groups excluding carboxylic acids is 2. The molecule has 0 aromatic carbocycles. The van der Waals surface area contributed by atoms with Crippen molar-refractivity contribution < 1.29 is 24.2 Å². The third-order valence-corrected chi connectivity index (χ3v) is 0.581. The Balaban J connectivity index is 3.60. The van der Waals surface area contributed by atoms with Crippen LogP contribution in [0.15, 0.2) is 0 Å². The van der Waals surface area contributed by atoms with E-state index in [9.17, 15) is 14.4 Å². The molecule has 0 radical (unpaired) electrons. The zero-order chi connectivity index (χ0) is 8.15. The number of rotatable bonds is 2. The maximum atomic E-state index is 10.1. The molecule has 0 aliphatic carbocycles. The predicted octanol–water partition coefficient (Wildman–Crippen LogP) is -0.797. The summed E-state index contributed by atoms with van der Waals surface area (Å²) in [6, 6.07) is 0. The molecule has 1 N–H and O–H groups in total. The fraction of sp³-hybridized carbons (Fsp3) is 0.400. The van der Waals surface area contributed by atoms with E-state index in [-0.39, 0.29) is 0 Å². The quantitative estimate of drug-likeness (QED) is 0.407. The topological polar surface area (TPSA) is 80.7 Å². The van der Waals surface area contributed by atoms with Crippen molar-refractivity contribution in [2.75, 3.05) is 6.61 Å². The Labute approximate surface area is 56.6 Å². The van der Waals surface area contributed by atoms with Gasteiger partial charge in [-0.3, -0.25) is 4.79 Å². The van der Waals surface area contributed by atoms with E-state index >= 15 is 0 Å². The molecule has 56 valence electrons. The first-order valence-electron chi connectivity index (χ1n) is 2.43. The van der Waals surface area contributed by atoms with Crippen LogP contribution >= 0.6 is 0 Å². The van der Waals surface area contributed by atoms with Gasteiger partial charge in [-0.15, -0.1) is 0 Å². The fourth-order valence-electron chi connectivity index (χ4n) is 0.229. The van der Waals surface area contributed by atoms with Gasteiger partial charge in [0, 0.05) is 0 Å². The van der Waals surface area contributed by atoms with Crippen LogP contribution in [0.1, 0.15) is 6.92 Å². The molecule has 0 bridgehead atoms. The predicted molar refractivity (Wildman–Crippen MR) is 29.3 cm³/mol. The number of ether oxygens (including phenoxy) is 1. The highest BCUT2D eigenvalue weighted by Gasteiger charge is 2.12. The molecule has 0 fully saturated rings. The SMILES string of the molecule is CC(=O)COC(=O)C(=O)O. The monoisotopic (exact) mass is 146 g/mol. The van der Waals surface area contributed by atoms with Gasteiger partial charge in [-0.2, -0.15) is 0 Å². The van der Waals surface area contributed by atoms with Crippen molar-refractivity contribution in [2.24, 2.45) is 0 Å². The second-order valence-corrected chi connectivity index (χ2v) is 1.58. The Hall–Kier alpha value is -1.39. The number of ketones is 1. The molecule has 0 aromatic heterocycles. The van der Waals surface area contributed by atoms with Crippen molar-refractivity contribution in [3.63, 3.8) is 0 Å². The Morgan fingerprint density at radius 2 is 1.90 bits per heavy atom. The standard InChI is InChI=1S/C5H6O5/c1-3(6)2-10-5(9)4(7)8/h2H2,1H3,(H,7,8). The molecule has 0 spiro atoms. The number of aliphatic carboxylic acids is 1. The summed E-state index contributed by atoms with van der Waals surface area (Å²) in [6.07, 6.45) is 0. The van der Waals surface area contributed by atoms with Crippen LogP contribution < -0.4 is 0 Å². The molecule has 0 heterocycles. The van der Waals surface area contributed by atoms with Crippen molar-refractivity contribution in [3.05, 3.63) is 0 Å². The van der Waals surface area contributed by atoms with Gasteiger partial charge < -0.3 is 9.84 Å². The van der Waals surface area contributed by atoms with Crippen molar-refractivity contribution in [3.8, 4) is 0 Å². The molecule has 0 rings (SSSR count). The van der Waals surface area contributed by atoms with Gasteiger partial charge in [0.05, 0.1) is 0 Å². The van der Waals surface area contributed by atoms with Gasteiger partial charge in [0.2, 0.25) is 0 Å². The van der Waals surface area contributed by atoms with Crippen LogP contribution in [0.2, 0.25) is 0 Å². The van der Waals surface area contributed by atoms with Gasteiger partial charge in [0.25, 0.3) is 0 Å². The summed E-state index contributed by atoms with van der Waals surface area (Å²) in [5.41, 5.74) is 0. The molecule has 0 aliphatic heterocycles. The van der Waals surface area contributed by atoms with Gasteiger partial charge >= 0.3 is 11.9 Å². The Kier molecular flexibility index (Phi) is 3.10. The smallest absolute Gasteiger partial charge is 0.417 e. The summed E-state index contributed by atoms with van der Waals surface area (Å²) in [5, 5.41) is 7.91. The lowest BCUT2D eigenvalue weighted by molar-refractivity contribution is -0.164. The number of hydrogen-bond acceptors (Lipinski definition) is 4. The molecule has 5 nitrogen and oxygen atoms in total. The highest BCUT2D eigenvalue weighted by molar-refractivity contribution is 6.28. The Bertz CT molecular complexity index is 171. The molecule has 0 saturated carbocycles. The number of carboxylic acid groups (broad SMARTS) is 1. The summed E-state index contributed by atoms with van der Waals surface area (Å²) < 4.78 is 3.98. The second kappa shape index (κ2) is 3.60. The molecule has 0 amide bonds. The molecule has 10 heavy (non-hydrogen) atoms. The van der Waals surface area contributed by atoms with E-state index in [1.54, 1.807) is 0 Å². The number of Topliss-reactive ketones (excluding diaryl/α,β-unsaturated/α-hetero) is 1. The molecule has 0 atom stereocenters. The molecule has 5 heteroatoms. The second-order valence-electron chi connectivity index (χ2n) is 1.58. The van der Waals surface area contributed by atoms with Crippen LogP contribution in [0.5, 0.6) is 0 Å². The fourth-order valence-corrected chi connectivity index (χ4v) is 0.229. The minimum absolute atomic E-state index is 0.394. The minimum atomic E-state index is -1.69. The molecular formula is C5H6O5.